The van der Waals surface area contributed by atoms with E-state index in [-0.39, 0.29) is 0 Å². The van der Waals surface area contributed by atoms with E-state index >= 15 is 0 Å². The summed E-state index contributed by atoms with van der Waals surface area (Å²) >= 11 is 6.30. The van der Waals surface area contributed by atoms with Gasteiger partial charge in [-0.25, -0.2) is 9.78 Å². The van der Waals surface area contributed by atoms with E-state index in [1.807, 2.05) is 18.2 Å². The van der Waals surface area contributed by atoms with Crippen molar-refractivity contribution in [2.75, 3.05) is 35.8 Å². The molecule has 2 aromatic rings. The van der Waals surface area contributed by atoms with E-state index in [4.69, 9.17) is 27.3 Å². The summed E-state index contributed by atoms with van der Waals surface area (Å²) in [5.74, 6) is 2.17. The minimum atomic E-state index is -0.461. The van der Waals surface area contributed by atoms with Gasteiger partial charge >= 0.3 is 6.03 Å². The molecule has 1 aromatic carbocycles. The molecule has 0 radical (unpaired) electrons. The Bertz CT molecular complexity index is 958. The first-order chi connectivity index (χ1) is 15.4. The topological polar surface area (TPSA) is 87.4 Å². The number of primary amides is 1. The smallest absolute Gasteiger partial charge is 0.319 e. The zero-order valence-corrected chi connectivity index (χ0v) is 19.7. The fraction of sp³-hybridized carbons (Fsp3) is 0.542. The lowest BCUT2D eigenvalue weighted by molar-refractivity contribution is 0.250. The second kappa shape index (κ2) is 9.94. The van der Waals surface area contributed by atoms with Crippen molar-refractivity contribution in [3.05, 3.63) is 40.5 Å². The van der Waals surface area contributed by atoms with Crippen molar-refractivity contribution in [3.63, 3.8) is 0 Å². The highest BCUT2D eigenvalue weighted by Crippen LogP contribution is 2.32. The van der Waals surface area contributed by atoms with Gasteiger partial charge in [0.15, 0.2) is 0 Å². The van der Waals surface area contributed by atoms with Crippen LogP contribution in [0.15, 0.2) is 24.3 Å². The molecule has 0 unspecified atom stereocenters. The Morgan fingerprint density at radius 2 is 1.84 bits per heavy atom. The van der Waals surface area contributed by atoms with Gasteiger partial charge in [-0.15, -0.1) is 0 Å². The highest BCUT2D eigenvalue weighted by atomic mass is 35.5. The highest BCUT2D eigenvalue weighted by Gasteiger charge is 2.27. The second-order valence-corrected chi connectivity index (χ2v) is 9.57. The number of carbonyl (C=O) groups excluding carboxylic acids is 1. The van der Waals surface area contributed by atoms with Crippen molar-refractivity contribution < 1.29 is 4.79 Å². The first-order valence-electron chi connectivity index (χ1n) is 11.6. The molecule has 0 aliphatic heterocycles. The molecule has 2 aliphatic rings. The Morgan fingerprint density at radius 1 is 1.12 bits per heavy atom. The number of fused-ring (bicyclic) bond motifs is 1. The maximum Gasteiger partial charge on any atom is 0.319 e. The summed E-state index contributed by atoms with van der Waals surface area (Å²) in [6, 6.07) is 7.23. The Kier molecular flexibility index (Phi) is 7.04. The van der Waals surface area contributed by atoms with Gasteiger partial charge in [-0.1, -0.05) is 23.7 Å². The number of carbonyl (C=O) groups is 1. The van der Waals surface area contributed by atoms with Gasteiger partial charge in [0.25, 0.3) is 0 Å². The van der Waals surface area contributed by atoms with Gasteiger partial charge in [0.1, 0.15) is 5.82 Å². The third-order valence-electron chi connectivity index (χ3n) is 6.61. The third kappa shape index (κ3) is 5.09. The average molecular weight is 457 g/mol. The molecule has 2 aliphatic carbocycles. The number of nitrogens with one attached hydrogen (secondary N) is 1. The molecule has 7 nitrogen and oxygen atoms in total. The lowest BCUT2D eigenvalue weighted by Crippen LogP contribution is -2.41. The van der Waals surface area contributed by atoms with E-state index < -0.39 is 6.03 Å². The van der Waals surface area contributed by atoms with Crippen LogP contribution in [-0.2, 0) is 12.8 Å². The monoisotopic (exact) mass is 456 g/mol. The van der Waals surface area contributed by atoms with Crippen LogP contribution in [0.5, 0.6) is 0 Å². The van der Waals surface area contributed by atoms with Crippen LogP contribution in [0.4, 0.5) is 22.2 Å². The number of urea groups is 1. The summed E-state index contributed by atoms with van der Waals surface area (Å²) in [6.07, 6.45) is 8.55. The third-order valence-corrected chi connectivity index (χ3v) is 6.93. The van der Waals surface area contributed by atoms with Gasteiger partial charge < -0.3 is 16.0 Å². The summed E-state index contributed by atoms with van der Waals surface area (Å²) in [4.78, 5) is 25.5. The number of benzene rings is 1. The van der Waals surface area contributed by atoms with E-state index in [1.165, 1.54) is 24.1 Å². The second-order valence-electron chi connectivity index (χ2n) is 9.16. The molecule has 1 saturated carbocycles. The maximum absolute atomic E-state index is 12.1. The number of aromatic nitrogens is 2. The molecule has 2 amide bonds. The average Bonchev–Trinajstić information content (AvgIpc) is 2.78. The molecule has 0 atom stereocenters. The molecule has 8 heteroatoms. The zero-order chi connectivity index (χ0) is 22.7. The maximum atomic E-state index is 12.1. The summed E-state index contributed by atoms with van der Waals surface area (Å²) in [5, 5.41) is 4.13. The molecular weight excluding hydrogens is 424 g/mol. The molecule has 1 heterocycles. The minimum absolute atomic E-state index is 0.338. The number of nitrogens with two attached hydrogens (primary N) is 1. The van der Waals surface area contributed by atoms with Crippen LogP contribution in [-0.4, -0.2) is 42.7 Å². The normalized spacial score (nSPS) is 20.3. The zero-order valence-electron chi connectivity index (χ0n) is 19.0. The van der Waals surface area contributed by atoms with Crippen molar-refractivity contribution in [2.45, 2.75) is 57.4 Å². The van der Waals surface area contributed by atoms with Crippen LogP contribution in [0.2, 0.25) is 5.02 Å². The Hall–Kier alpha value is -2.54. The number of nitrogens with zero attached hydrogens (tertiary/aromatic N) is 4. The lowest BCUT2D eigenvalue weighted by atomic mass is 9.85. The van der Waals surface area contributed by atoms with Gasteiger partial charge in [-0.3, -0.25) is 4.90 Å². The Labute approximate surface area is 195 Å². The van der Waals surface area contributed by atoms with Crippen LogP contribution in [0.25, 0.3) is 0 Å². The van der Waals surface area contributed by atoms with Gasteiger partial charge in [-0.05, 0) is 69.4 Å². The largest absolute Gasteiger partial charge is 0.362 e. The van der Waals surface area contributed by atoms with Crippen molar-refractivity contribution in [1.82, 2.24) is 9.97 Å². The van der Waals surface area contributed by atoms with E-state index in [1.54, 1.807) is 11.0 Å². The van der Waals surface area contributed by atoms with Gasteiger partial charge in [0, 0.05) is 32.2 Å². The van der Waals surface area contributed by atoms with Gasteiger partial charge in [0.05, 0.1) is 16.4 Å². The number of hydrogen-bond donors (Lipinski definition) is 2. The van der Waals surface area contributed by atoms with Crippen LogP contribution < -0.4 is 20.9 Å². The lowest BCUT2D eigenvalue weighted by Gasteiger charge is -2.33. The first-order valence-corrected chi connectivity index (χ1v) is 12.0. The minimum Gasteiger partial charge on any atom is -0.362 e. The Balaban J connectivity index is 1.38. The number of rotatable bonds is 6. The predicted octanol–water partition coefficient (Wildman–Crippen LogP) is 4.63. The number of anilines is 3. The molecule has 172 valence electrons. The highest BCUT2D eigenvalue weighted by molar-refractivity contribution is 6.33. The van der Waals surface area contributed by atoms with Crippen LogP contribution in [0.1, 0.15) is 49.8 Å². The van der Waals surface area contributed by atoms with Crippen molar-refractivity contribution in [3.8, 4) is 0 Å². The van der Waals surface area contributed by atoms with E-state index in [0.717, 1.165) is 50.3 Å². The molecule has 0 bridgehead atoms. The molecule has 0 spiro atoms. The van der Waals surface area contributed by atoms with Gasteiger partial charge in [-0.2, -0.15) is 4.98 Å². The SMILES string of the molecule is CN(C)c1nc(NC2CCC(CN(C(N)=O)c3ccccc3Cl)CC2)nc2c1CCCC2. The summed E-state index contributed by atoms with van der Waals surface area (Å²) in [6.45, 7) is 0.589. The quantitative estimate of drug-likeness (QED) is 0.661. The van der Waals surface area contributed by atoms with Gasteiger partial charge in [0.2, 0.25) is 5.95 Å². The number of para-hydroxylation sites is 1. The molecular formula is C24H33ClN6O. The predicted molar refractivity (Wildman–Crippen MR) is 131 cm³/mol. The fourth-order valence-corrected chi connectivity index (χ4v) is 5.15. The van der Waals surface area contributed by atoms with Crippen molar-refractivity contribution in [1.29, 1.82) is 0 Å². The van der Waals surface area contributed by atoms with Crippen LogP contribution in [0.3, 0.4) is 0 Å². The van der Waals surface area contributed by atoms with Crippen LogP contribution in [0, 0.1) is 5.92 Å². The number of hydrogen-bond acceptors (Lipinski definition) is 5. The van der Waals surface area contributed by atoms with Crippen molar-refractivity contribution in [2.24, 2.45) is 11.7 Å². The molecule has 1 aromatic heterocycles. The fourth-order valence-electron chi connectivity index (χ4n) is 4.92. The standard InChI is InChI=1S/C24H33ClN6O/c1-30(2)22-18-7-3-5-9-20(18)28-24(29-22)27-17-13-11-16(12-14-17)15-31(23(26)32)21-10-6-4-8-19(21)25/h4,6,8,10,16-17H,3,5,7,9,11-15H2,1-2H3,(H2,26,32)(H,27,28,29). The van der Waals surface area contributed by atoms with E-state index in [9.17, 15) is 4.79 Å². The van der Waals surface area contributed by atoms with Crippen molar-refractivity contribution >= 4 is 35.1 Å². The van der Waals surface area contributed by atoms with Crippen LogP contribution >= 0.6 is 11.6 Å². The molecule has 32 heavy (non-hydrogen) atoms. The number of amides is 2. The number of halogens is 1. The molecule has 0 saturated heterocycles. The summed E-state index contributed by atoms with van der Waals surface area (Å²) in [5.41, 5.74) is 8.86. The molecule has 1 fully saturated rings. The summed E-state index contributed by atoms with van der Waals surface area (Å²) in [7, 11) is 4.10. The first kappa shape index (κ1) is 22.6. The summed E-state index contributed by atoms with van der Waals surface area (Å²) < 4.78 is 0. The number of aryl methyl sites for hydroxylation is 1. The van der Waals surface area contributed by atoms with E-state index in [0.29, 0.717) is 29.2 Å². The van der Waals surface area contributed by atoms with E-state index in [2.05, 4.69) is 24.3 Å². The molecule has 3 N–H and O–H groups in total. The Morgan fingerprint density at radius 3 is 2.53 bits per heavy atom. The molecule has 4 rings (SSSR count).